The Labute approximate surface area is 86.0 Å². The standard InChI is InChI=1S/C12H12NP/c1-10-2-4-11(5-3-10)14-12-6-8-13-9-7-12/h2-9,14H,1H3. The summed E-state index contributed by atoms with van der Waals surface area (Å²) in [6, 6.07) is 12.8. The quantitative estimate of drug-likeness (QED) is 0.677. The van der Waals surface area contributed by atoms with Crippen LogP contribution in [0.4, 0.5) is 0 Å². The first-order valence-electron chi connectivity index (χ1n) is 4.58. The van der Waals surface area contributed by atoms with Gasteiger partial charge >= 0.3 is 0 Å². The average molecular weight is 201 g/mol. The lowest BCUT2D eigenvalue weighted by molar-refractivity contribution is 1.34. The van der Waals surface area contributed by atoms with Gasteiger partial charge in [-0.2, -0.15) is 0 Å². The Balaban J connectivity index is 2.16. The molecule has 1 nitrogen and oxygen atoms in total. The molecule has 0 saturated carbocycles. The van der Waals surface area contributed by atoms with E-state index in [2.05, 4.69) is 48.3 Å². The Morgan fingerprint density at radius 1 is 0.857 bits per heavy atom. The minimum atomic E-state index is 0.733. The second-order valence-corrected chi connectivity index (χ2v) is 4.63. The predicted molar refractivity (Wildman–Crippen MR) is 63.0 cm³/mol. The van der Waals surface area contributed by atoms with E-state index in [4.69, 9.17) is 0 Å². The molecule has 0 amide bonds. The molecule has 0 spiro atoms. The zero-order chi connectivity index (χ0) is 9.80. The number of nitrogens with zero attached hydrogens (tertiary/aromatic N) is 1. The maximum absolute atomic E-state index is 4.01. The van der Waals surface area contributed by atoms with Crippen LogP contribution >= 0.6 is 8.58 Å². The summed E-state index contributed by atoms with van der Waals surface area (Å²) in [4.78, 5) is 4.01. The van der Waals surface area contributed by atoms with E-state index in [1.54, 1.807) is 0 Å². The van der Waals surface area contributed by atoms with Crippen molar-refractivity contribution in [1.29, 1.82) is 0 Å². The highest BCUT2D eigenvalue weighted by Crippen LogP contribution is 2.09. The molecule has 1 atom stereocenters. The third kappa shape index (κ3) is 2.40. The van der Waals surface area contributed by atoms with Gasteiger partial charge in [-0.1, -0.05) is 38.4 Å². The first kappa shape index (κ1) is 9.36. The van der Waals surface area contributed by atoms with Gasteiger partial charge in [-0.25, -0.2) is 0 Å². The van der Waals surface area contributed by atoms with Gasteiger partial charge in [-0.15, -0.1) is 0 Å². The highest BCUT2D eigenvalue weighted by Gasteiger charge is 1.94. The smallest absolute Gasteiger partial charge is 0.0274 e. The molecule has 70 valence electrons. The molecule has 0 aliphatic carbocycles. The number of pyridine rings is 1. The summed E-state index contributed by atoms with van der Waals surface area (Å²) < 4.78 is 0. The zero-order valence-electron chi connectivity index (χ0n) is 8.07. The molecular weight excluding hydrogens is 189 g/mol. The average Bonchev–Trinajstić information content (AvgIpc) is 2.23. The molecule has 0 aliphatic heterocycles. The van der Waals surface area contributed by atoms with Gasteiger partial charge in [0.25, 0.3) is 0 Å². The lowest BCUT2D eigenvalue weighted by atomic mass is 10.2. The molecule has 0 bridgehead atoms. The minimum absolute atomic E-state index is 0.733. The van der Waals surface area contributed by atoms with Crippen molar-refractivity contribution in [1.82, 2.24) is 4.98 Å². The van der Waals surface area contributed by atoms with Crippen molar-refractivity contribution >= 4 is 19.2 Å². The summed E-state index contributed by atoms with van der Waals surface area (Å²) in [6.45, 7) is 2.11. The van der Waals surface area contributed by atoms with E-state index >= 15 is 0 Å². The van der Waals surface area contributed by atoms with Crippen molar-refractivity contribution in [3.8, 4) is 0 Å². The van der Waals surface area contributed by atoms with Crippen LogP contribution in [0.1, 0.15) is 5.56 Å². The SMILES string of the molecule is Cc1ccc(Pc2ccncc2)cc1. The zero-order valence-corrected chi connectivity index (χ0v) is 9.07. The van der Waals surface area contributed by atoms with Gasteiger partial charge in [0, 0.05) is 12.4 Å². The summed E-state index contributed by atoms with van der Waals surface area (Å²) in [7, 11) is 0.733. The van der Waals surface area contributed by atoms with Crippen LogP contribution in [0.15, 0.2) is 48.8 Å². The molecule has 1 aromatic heterocycles. The molecule has 2 heteroatoms. The van der Waals surface area contributed by atoms with E-state index < -0.39 is 0 Å². The Morgan fingerprint density at radius 2 is 1.43 bits per heavy atom. The molecular formula is C12H12NP. The van der Waals surface area contributed by atoms with Crippen molar-refractivity contribution in [2.45, 2.75) is 6.92 Å². The number of benzene rings is 1. The molecule has 1 heterocycles. The summed E-state index contributed by atoms with van der Waals surface area (Å²) in [5, 5.41) is 2.71. The summed E-state index contributed by atoms with van der Waals surface area (Å²) in [5.74, 6) is 0. The van der Waals surface area contributed by atoms with Crippen LogP contribution in [0.2, 0.25) is 0 Å². The Morgan fingerprint density at radius 3 is 2.07 bits per heavy atom. The number of rotatable bonds is 2. The molecule has 2 aromatic rings. The van der Waals surface area contributed by atoms with Gasteiger partial charge in [0.2, 0.25) is 0 Å². The molecule has 0 radical (unpaired) electrons. The van der Waals surface area contributed by atoms with Gasteiger partial charge in [-0.05, 0) is 29.7 Å². The van der Waals surface area contributed by atoms with E-state index in [1.165, 1.54) is 16.2 Å². The van der Waals surface area contributed by atoms with Gasteiger partial charge in [0.1, 0.15) is 0 Å². The van der Waals surface area contributed by atoms with Crippen molar-refractivity contribution < 1.29 is 0 Å². The first-order chi connectivity index (χ1) is 6.84. The third-order valence-electron chi connectivity index (χ3n) is 2.02. The van der Waals surface area contributed by atoms with Crippen molar-refractivity contribution in [3.63, 3.8) is 0 Å². The highest BCUT2D eigenvalue weighted by atomic mass is 31.1. The molecule has 14 heavy (non-hydrogen) atoms. The predicted octanol–water partition coefficient (Wildman–Crippen LogP) is 2.02. The maximum atomic E-state index is 4.01. The Bertz CT molecular complexity index is 394. The number of hydrogen-bond acceptors (Lipinski definition) is 1. The molecule has 1 aromatic carbocycles. The summed E-state index contributed by atoms with van der Waals surface area (Å²) >= 11 is 0. The van der Waals surface area contributed by atoms with E-state index in [0.29, 0.717) is 0 Å². The Hall–Kier alpha value is -1.20. The second kappa shape index (κ2) is 4.34. The lowest BCUT2D eigenvalue weighted by Gasteiger charge is -2.01. The van der Waals surface area contributed by atoms with E-state index in [1.807, 2.05) is 12.4 Å². The monoisotopic (exact) mass is 201 g/mol. The van der Waals surface area contributed by atoms with Crippen LogP contribution in [-0.4, -0.2) is 4.98 Å². The second-order valence-electron chi connectivity index (χ2n) is 3.23. The van der Waals surface area contributed by atoms with Crippen molar-refractivity contribution in [2.75, 3.05) is 0 Å². The van der Waals surface area contributed by atoms with Crippen LogP contribution < -0.4 is 10.6 Å². The first-order valence-corrected chi connectivity index (χ1v) is 5.58. The van der Waals surface area contributed by atoms with Crippen LogP contribution in [0.3, 0.4) is 0 Å². The van der Waals surface area contributed by atoms with Crippen molar-refractivity contribution in [2.24, 2.45) is 0 Å². The third-order valence-corrected chi connectivity index (χ3v) is 3.26. The van der Waals surface area contributed by atoms with E-state index in [-0.39, 0.29) is 0 Å². The molecule has 2 rings (SSSR count). The lowest BCUT2D eigenvalue weighted by Crippen LogP contribution is -2.02. The maximum Gasteiger partial charge on any atom is 0.0274 e. The van der Waals surface area contributed by atoms with Crippen LogP contribution in [0.25, 0.3) is 0 Å². The fourth-order valence-electron chi connectivity index (χ4n) is 1.24. The van der Waals surface area contributed by atoms with Gasteiger partial charge in [-0.3, -0.25) is 4.98 Å². The fourth-order valence-corrected chi connectivity index (χ4v) is 2.22. The molecule has 1 unspecified atom stereocenters. The van der Waals surface area contributed by atoms with Crippen LogP contribution in [-0.2, 0) is 0 Å². The fraction of sp³-hybridized carbons (Fsp3) is 0.0833. The van der Waals surface area contributed by atoms with E-state index in [0.717, 1.165) is 8.58 Å². The largest absolute Gasteiger partial charge is 0.265 e. The molecule has 0 fully saturated rings. The van der Waals surface area contributed by atoms with Crippen molar-refractivity contribution in [3.05, 3.63) is 54.4 Å². The minimum Gasteiger partial charge on any atom is -0.265 e. The van der Waals surface area contributed by atoms with Gasteiger partial charge in [0.15, 0.2) is 0 Å². The molecule has 0 N–H and O–H groups in total. The number of aromatic nitrogens is 1. The number of aryl methyl sites for hydroxylation is 1. The summed E-state index contributed by atoms with van der Waals surface area (Å²) in [6.07, 6.45) is 3.69. The van der Waals surface area contributed by atoms with E-state index in [9.17, 15) is 0 Å². The van der Waals surface area contributed by atoms with Gasteiger partial charge < -0.3 is 0 Å². The van der Waals surface area contributed by atoms with Crippen LogP contribution in [0, 0.1) is 6.92 Å². The number of hydrogen-bond donors (Lipinski definition) is 0. The Kier molecular flexibility index (Phi) is 2.90. The molecule has 0 saturated heterocycles. The normalized spacial score (nSPS) is 10.9. The highest BCUT2D eigenvalue weighted by molar-refractivity contribution is 7.55. The molecule has 0 aliphatic rings. The van der Waals surface area contributed by atoms with Crippen LogP contribution in [0.5, 0.6) is 0 Å². The topological polar surface area (TPSA) is 12.9 Å². The summed E-state index contributed by atoms with van der Waals surface area (Å²) in [5.41, 5.74) is 1.31. The van der Waals surface area contributed by atoms with Gasteiger partial charge in [0.05, 0.1) is 0 Å².